The molecular formula is C11H21BN2O2. The van der Waals surface area contributed by atoms with Gasteiger partial charge in [-0.05, 0) is 25.2 Å². The highest BCUT2D eigenvalue weighted by atomic mass is 16.2. The fourth-order valence-electron chi connectivity index (χ4n) is 2.57. The molecule has 1 saturated heterocycles. The molecule has 2 unspecified atom stereocenters. The number of likely N-dealkylation sites (tertiary alicyclic amines) is 1. The summed E-state index contributed by atoms with van der Waals surface area (Å²) in [5, 5.41) is 2.44. The largest absolute Gasteiger partial charge is 0.396 e. The van der Waals surface area contributed by atoms with Crippen molar-refractivity contribution in [2.24, 2.45) is 5.92 Å². The lowest BCUT2D eigenvalue weighted by molar-refractivity contribution is -0.108. The van der Waals surface area contributed by atoms with Gasteiger partial charge in [-0.15, -0.1) is 0 Å². The molecule has 0 aliphatic carbocycles. The van der Waals surface area contributed by atoms with Gasteiger partial charge in [0.05, 0.1) is 0 Å². The van der Waals surface area contributed by atoms with E-state index >= 15 is 0 Å². The monoisotopic (exact) mass is 224 g/mol. The lowest BCUT2D eigenvalue weighted by Crippen LogP contribution is -2.44. The molecule has 0 saturated carbocycles. The number of amides is 2. The maximum absolute atomic E-state index is 11.8. The van der Waals surface area contributed by atoms with E-state index < -0.39 is 0 Å². The normalized spacial score (nSPS) is 21.6. The van der Waals surface area contributed by atoms with Crippen molar-refractivity contribution >= 4 is 19.6 Å². The van der Waals surface area contributed by atoms with Crippen LogP contribution in [0.3, 0.4) is 0 Å². The summed E-state index contributed by atoms with van der Waals surface area (Å²) in [5.41, 5.74) is 0. The van der Waals surface area contributed by atoms with Crippen LogP contribution in [0.1, 0.15) is 39.5 Å². The summed E-state index contributed by atoms with van der Waals surface area (Å²) >= 11 is 0. The van der Waals surface area contributed by atoms with Crippen LogP contribution >= 0.6 is 0 Å². The topological polar surface area (TPSA) is 49.4 Å². The molecule has 1 fully saturated rings. The van der Waals surface area contributed by atoms with Gasteiger partial charge in [-0.1, -0.05) is 20.3 Å². The smallest absolute Gasteiger partial charge is 0.343 e. The molecule has 0 bridgehead atoms. The van der Waals surface area contributed by atoms with Crippen molar-refractivity contribution in [3.05, 3.63) is 0 Å². The Morgan fingerprint density at radius 2 is 2.44 bits per heavy atom. The zero-order valence-electron chi connectivity index (χ0n) is 10.2. The van der Waals surface area contributed by atoms with Crippen LogP contribution in [0.2, 0.25) is 0 Å². The Kier molecular flexibility index (Phi) is 5.36. The average molecular weight is 224 g/mol. The second kappa shape index (κ2) is 6.56. The van der Waals surface area contributed by atoms with Crippen molar-refractivity contribution in [1.82, 2.24) is 10.1 Å². The molecule has 4 nitrogen and oxygen atoms in total. The third-order valence-electron chi connectivity index (χ3n) is 3.36. The van der Waals surface area contributed by atoms with Gasteiger partial charge in [0, 0.05) is 12.6 Å². The van der Waals surface area contributed by atoms with E-state index in [0.717, 1.165) is 32.2 Å². The second-order valence-electron chi connectivity index (χ2n) is 4.56. The predicted octanol–water partition coefficient (Wildman–Crippen LogP) is 1.10. The van der Waals surface area contributed by atoms with Crippen molar-refractivity contribution in [3.63, 3.8) is 0 Å². The molecule has 5 heteroatoms. The van der Waals surface area contributed by atoms with Crippen LogP contribution in [0.5, 0.6) is 0 Å². The summed E-state index contributed by atoms with van der Waals surface area (Å²) in [6.07, 6.45) is 5.10. The molecule has 0 aromatic carbocycles. The Morgan fingerprint density at radius 3 is 3.06 bits per heavy atom. The number of nitrogens with one attached hydrogen (secondary N) is 1. The van der Waals surface area contributed by atoms with Crippen molar-refractivity contribution in [1.29, 1.82) is 0 Å². The van der Waals surface area contributed by atoms with Crippen LogP contribution in [-0.4, -0.2) is 37.1 Å². The molecule has 0 aromatic rings. The first-order valence-electron chi connectivity index (χ1n) is 6.17. The molecule has 2 atom stereocenters. The highest BCUT2D eigenvalue weighted by molar-refractivity contribution is 6.72. The quantitative estimate of drug-likeness (QED) is 0.542. The van der Waals surface area contributed by atoms with Gasteiger partial charge in [0.15, 0.2) is 12.2 Å². The summed E-state index contributed by atoms with van der Waals surface area (Å²) in [7, 11) is 0.138. The molecule has 1 rings (SSSR count). The molecule has 1 aliphatic rings. The maximum Gasteiger partial charge on any atom is 0.343 e. The van der Waals surface area contributed by atoms with Crippen LogP contribution in [0.4, 0.5) is 4.79 Å². The fraction of sp³-hybridized carbons (Fsp3) is 0.818. The van der Waals surface area contributed by atoms with E-state index in [0.29, 0.717) is 18.4 Å². The molecular weight excluding hydrogens is 203 g/mol. The van der Waals surface area contributed by atoms with Crippen molar-refractivity contribution in [2.75, 3.05) is 6.54 Å². The Bertz CT molecular complexity index is 248. The van der Waals surface area contributed by atoms with Gasteiger partial charge in [-0.3, -0.25) is 9.59 Å². The van der Waals surface area contributed by atoms with Crippen molar-refractivity contribution in [3.8, 4) is 0 Å². The van der Waals surface area contributed by atoms with Crippen LogP contribution in [0, 0.1) is 5.92 Å². The number of rotatable bonds is 6. The van der Waals surface area contributed by atoms with Gasteiger partial charge < -0.3 is 10.1 Å². The molecule has 0 spiro atoms. The van der Waals surface area contributed by atoms with E-state index in [1.165, 1.54) is 0 Å². The Labute approximate surface area is 98.0 Å². The highest BCUT2D eigenvalue weighted by Crippen LogP contribution is 2.26. The van der Waals surface area contributed by atoms with Crippen LogP contribution in [-0.2, 0) is 4.79 Å². The van der Waals surface area contributed by atoms with E-state index in [1.54, 1.807) is 0 Å². The third kappa shape index (κ3) is 3.25. The first-order valence-corrected chi connectivity index (χ1v) is 6.17. The molecule has 1 aliphatic heterocycles. The zero-order valence-corrected chi connectivity index (χ0v) is 10.2. The second-order valence-corrected chi connectivity index (χ2v) is 4.56. The van der Waals surface area contributed by atoms with E-state index in [4.69, 9.17) is 0 Å². The average Bonchev–Trinajstić information content (AvgIpc) is 2.75. The minimum atomic E-state index is 0.0533. The van der Waals surface area contributed by atoms with Crippen LogP contribution in [0.15, 0.2) is 0 Å². The zero-order chi connectivity index (χ0) is 12.0. The van der Waals surface area contributed by atoms with Gasteiger partial charge in [0.2, 0.25) is 0 Å². The standard InChI is InChI=1S/C11H21BN2O2/c1-3-5-9(2)10-6-4-7-14(10)11(16)12-13-8-15/h8-10,12H,3-7H2,1-2H3,(H,13,15). The van der Waals surface area contributed by atoms with Gasteiger partial charge in [0.1, 0.15) is 0 Å². The van der Waals surface area contributed by atoms with E-state index in [2.05, 4.69) is 19.1 Å². The molecule has 90 valence electrons. The molecule has 1 heterocycles. The van der Waals surface area contributed by atoms with Crippen molar-refractivity contribution < 1.29 is 9.59 Å². The van der Waals surface area contributed by atoms with Gasteiger partial charge in [-0.2, -0.15) is 0 Å². The van der Waals surface area contributed by atoms with E-state index in [1.807, 2.05) is 4.90 Å². The van der Waals surface area contributed by atoms with Gasteiger partial charge >= 0.3 is 7.41 Å². The van der Waals surface area contributed by atoms with E-state index in [-0.39, 0.29) is 13.2 Å². The summed E-state index contributed by atoms with van der Waals surface area (Å²) in [4.78, 5) is 23.9. The minimum absolute atomic E-state index is 0.0533. The Balaban J connectivity index is 2.50. The molecule has 1 N–H and O–H groups in total. The van der Waals surface area contributed by atoms with Crippen molar-refractivity contribution in [2.45, 2.75) is 45.6 Å². The first kappa shape index (κ1) is 13.1. The van der Waals surface area contributed by atoms with E-state index in [9.17, 15) is 9.59 Å². The molecule has 0 radical (unpaired) electrons. The number of carbonyl (C=O) groups is 2. The summed E-state index contributed by atoms with van der Waals surface area (Å²) in [6, 6.07) is 0.376. The molecule has 2 amide bonds. The SMILES string of the molecule is CCCC(C)C1CCCN1C(=O)BNC=O. The summed E-state index contributed by atoms with van der Waals surface area (Å²) in [5.74, 6) is 0.616. The third-order valence-corrected chi connectivity index (χ3v) is 3.36. The van der Waals surface area contributed by atoms with Crippen LogP contribution < -0.4 is 5.23 Å². The number of hydrogen-bond donors (Lipinski definition) is 1. The number of nitrogens with zero attached hydrogens (tertiary/aromatic N) is 1. The minimum Gasteiger partial charge on any atom is -0.396 e. The predicted molar refractivity (Wildman–Crippen MR) is 65.5 cm³/mol. The summed E-state index contributed by atoms with van der Waals surface area (Å²) in [6.45, 7) is 5.23. The first-order chi connectivity index (χ1) is 7.70. The number of carbonyl (C=O) groups excluding carboxylic acids is 2. The number of hydrogen-bond acceptors (Lipinski definition) is 2. The Hall–Kier alpha value is -0.995. The molecule has 0 aromatic heterocycles. The lowest BCUT2D eigenvalue weighted by atomic mass is 9.89. The lowest BCUT2D eigenvalue weighted by Gasteiger charge is -2.29. The summed E-state index contributed by atoms with van der Waals surface area (Å²) < 4.78 is 0. The maximum atomic E-state index is 11.8. The fourth-order valence-corrected chi connectivity index (χ4v) is 2.57. The van der Waals surface area contributed by atoms with Gasteiger partial charge in [-0.25, -0.2) is 0 Å². The highest BCUT2D eigenvalue weighted by Gasteiger charge is 2.31. The van der Waals surface area contributed by atoms with Gasteiger partial charge in [0.25, 0.3) is 0 Å². The van der Waals surface area contributed by atoms with Crippen LogP contribution in [0.25, 0.3) is 0 Å². The molecule has 16 heavy (non-hydrogen) atoms. The Morgan fingerprint density at radius 1 is 1.69 bits per heavy atom.